The van der Waals surface area contributed by atoms with Crippen molar-refractivity contribution in [2.45, 2.75) is 44.8 Å². The van der Waals surface area contributed by atoms with Crippen molar-refractivity contribution in [1.82, 2.24) is 30.3 Å². The Morgan fingerprint density at radius 2 is 2.00 bits per heavy atom. The van der Waals surface area contributed by atoms with Crippen LogP contribution in [-0.4, -0.2) is 63.5 Å². The third kappa shape index (κ3) is 4.58. The Morgan fingerprint density at radius 3 is 2.68 bits per heavy atom. The van der Waals surface area contributed by atoms with Crippen molar-refractivity contribution in [3.8, 4) is 0 Å². The summed E-state index contributed by atoms with van der Waals surface area (Å²) in [6.07, 6.45) is 0.555. The van der Waals surface area contributed by atoms with Crippen LogP contribution in [0, 0.1) is 18.8 Å². The van der Waals surface area contributed by atoms with E-state index in [1.54, 1.807) is 0 Å². The zero-order valence-electron chi connectivity index (χ0n) is 19.2. The highest BCUT2D eigenvalue weighted by atomic mass is 19.4. The maximum atomic E-state index is 13.8. The smallest absolute Gasteiger partial charge is 0.334 e. The molecule has 0 unspecified atom stereocenters. The minimum absolute atomic E-state index is 0.0141. The molecule has 0 radical (unpaired) electrons. The van der Waals surface area contributed by atoms with Gasteiger partial charge in [0.05, 0.1) is 11.9 Å². The van der Waals surface area contributed by atoms with Gasteiger partial charge in [0.25, 0.3) is 5.91 Å². The number of carbonyl (C=O) groups excluding carboxylic acids is 1. The summed E-state index contributed by atoms with van der Waals surface area (Å²) >= 11 is 0. The number of aromatic nitrogens is 3. The third-order valence-electron chi connectivity index (χ3n) is 6.99. The van der Waals surface area contributed by atoms with Gasteiger partial charge in [-0.2, -0.15) is 13.2 Å². The maximum absolute atomic E-state index is 13.8. The predicted octanol–water partition coefficient (Wildman–Crippen LogP) is 2.85. The number of halogens is 3. The molecule has 2 saturated heterocycles. The van der Waals surface area contributed by atoms with Crippen molar-refractivity contribution in [3.63, 3.8) is 0 Å². The van der Waals surface area contributed by atoms with E-state index < -0.39 is 11.9 Å². The molecule has 0 spiro atoms. The number of nitrogens with one attached hydrogen (secondary N) is 1. The van der Waals surface area contributed by atoms with Crippen LogP contribution in [0.15, 0.2) is 24.5 Å². The van der Waals surface area contributed by atoms with Gasteiger partial charge in [0.1, 0.15) is 5.69 Å². The van der Waals surface area contributed by atoms with Crippen LogP contribution in [0.1, 0.15) is 46.8 Å². The van der Waals surface area contributed by atoms with E-state index in [0.717, 1.165) is 43.5 Å². The van der Waals surface area contributed by atoms with Gasteiger partial charge < -0.3 is 4.90 Å². The molecule has 4 heterocycles. The number of aryl methyl sites for hydroxylation is 2. The lowest BCUT2D eigenvalue weighted by atomic mass is 9.96. The molecule has 182 valence electrons. The van der Waals surface area contributed by atoms with Gasteiger partial charge in [-0.3, -0.25) is 9.78 Å². The van der Waals surface area contributed by atoms with E-state index in [-0.39, 0.29) is 11.9 Å². The van der Waals surface area contributed by atoms with E-state index >= 15 is 0 Å². The molecule has 0 bridgehead atoms. The number of fused-ring (bicyclic) bond motifs is 1. The van der Waals surface area contributed by atoms with Crippen LogP contribution >= 0.6 is 0 Å². The first-order valence-electron chi connectivity index (χ1n) is 11.6. The van der Waals surface area contributed by atoms with Gasteiger partial charge in [-0.25, -0.2) is 25.5 Å². The van der Waals surface area contributed by atoms with E-state index in [1.165, 1.54) is 6.20 Å². The van der Waals surface area contributed by atoms with Gasteiger partial charge >= 0.3 is 6.18 Å². The first-order valence-corrected chi connectivity index (χ1v) is 11.6. The van der Waals surface area contributed by atoms with Gasteiger partial charge in [-0.15, -0.1) is 0 Å². The highest BCUT2D eigenvalue weighted by Crippen LogP contribution is 2.48. The molecule has 3 atom stereocenters. The third-order valence-corrected chi connectivity index (χ3v) is 6.99. The highest BCUT2D eigenvalue weighted by Gasteiger charge is 2.47. The lowest BCUT2D eigenvalue weighted by molar-refractivity contribution is -0.141. The predicted molar refractivity (Wildman–Crippen MR) is 118 cm³/mol. The van der Waals surface area contributed by atoms with Crippen LogP contribution in [0.2, 0.25) is 0 Å². The number of amides is 1. The Labute approximate surface area is 196 Å². The fourth-order valence-electron chi connectivity index (χ4n) is 4.99. The van der Waals surface area contributed by atoms with Crippen LogP contribution in [0.25, 0.3) is 0 Å². The molecule has 11 heteroatoms. The Morgan fingerprint density at radius 1 is 1.18 bits per heavy atom. The zero-order valence-corrected chi connectivity index (χ0v) is 19.2. The second-order valence-corrected chi connectivity index (χ2v) is 9.45. The van der Waals surface area contributed by atoms with Crippen molar-refractivity contribution in [2.75, 3.05) is 31.8 Å². The first kappa shape index (κ1) is 23.0. The molecule has 1 N–H and O–H groups in total. The summed E-state index contributed by atoms with van der Waals surface area (Å²) in [6, 6.07) is 3.80. The molecule has 2 aromatic rings. The standard InChI is InChI=1S/C23H28F3N7O/c1-14-3-6-19(33-29-7-8-31(33)2)21(30-14)22(34)32-13-16-9-15(16)10-18(32)5-4-17-11-28-20(12-27-17)23(24,25)26/h3,6,11-12,15-16,18,29H,4-5,7-10,13H2,1-2H3/t15-,16+,18-/m1/s1. The van der Waals surface area contributed by atoms with Gasteiger partial charge in [-0.1, -0.05) is 0 Å². The Bertz CT molecular complexity index is 1060. The molecule has 3 fully saturated rings. The van der Waals surface area contributed by atoms with Gasteiger partial charge in [0, 0.05) is 44.6 Å². The molecule has 5 rings (SSSR count). The fourth-order valence-corrected chi connectivity index (χ4v) is 4.99. The molecule has 34 heavy (non-hydrogen) atoms. The second-order valence-electron chi connectivity index (χ2n) is 9.45. The SMILES string of the molecule is Cc1ccc(N2NCCN2C)c(C(=O)N2C[C@@H]3C[C@@H]3C[C@H]2CCc2cnc(C(F)(F)F)cn2)n1. The molecule has 2 aromatic heterocycles. The Hall–Kier alpha value is -2.79. The first-order chi connectivity index (χ1) is 16.2. The number of hydrazine groups is 2. The molecular formula is C23H28F3N7O. The van der Waals surface area contributed by atoms with E-state index in [2.05, 4.69) is 20.4 Å². The minimum atomic E-state index is -4.50. The van der Waals surface area contributed by atoms with Crippen molar-refractivity contribution in [2.24, 2.45) is 11.8 Å². The molecule has 8 nitrogen and oxygen atoms in total. The molecule has 1 saturated carbocycles. The lowest BCUT2D eigenvalue weighted by Crippen LogP contribution is -2.47. The summed E-state index contributed by atoms with van der Waals surface area (Å²) in [5.41, 5.74) is 4.69. The van der Waals surface area contributed by atoms with Gasteiger partial charge in [-0.05, 0) is 56.6 Å². The zero-order chi connectivity index (χ0) is 24.0. The van der Waals surface area contributed by atoms with Crippen LogP contribution in [0.3, 0.4) is 0 Å². The largest absolute Gasteiger partial charge is 0.434 e. The van der Waals surface area contributed by atoms with Crippen molar-refractivity contribution >= 4 is 11.6 Å². The summed E-state index contributed by atoms with van der Waals surface area (Å²) in [5, 5.41) is 3.88. The average molecular weight is 476 g/mol. The van der Waals surface area contributed by atoms with Crippen LogP contribution < -0.4 is 10.5 Å². The average Bonchev–Trinajstić information content (AvgIpc) is 3.45. The van der Waals surface area contributed by atoms with Gasteiger partial charge in [0.15, 0.2) is 11.4 Å². The number of anilines is 1. The Kier molecular flexibility index (Phi) is 5.93. The second kappa shape index (κ2) is 8.77. The van der Waals surface area contributed by atoms with Crippen molar-refractivity contribution < 1.29 is 18.0 Å². The van der Waals surface area contributed by atoms with Crippen molar-refractivity contribution in [3.05, 3.63) is 47.3 Å². The van der Waals surface area contributed by atoms with E-state index in [1.807, 2.05) is 41.1 Å². The number of nitrogens with zero attached hydrogens (tertiary/aromatic N) is 6. The summed E-state index contributed by atoms with van der Waals surface area (Å²) in [5.74, 6) is 1.03. The Balaban J connectivity index is 1.35. The number of piperidine rings is 1. The maximum Gasteiger partial charge on any atom is 0.434 e. The summed E-state index contributed by atoms with van der Waals surface area (Å²) in [4.78, 5) is 27.8. The quantitative estimate of drug-likeness (QED) is 0.713. The van der Waals surface area contributed by atoms with Crippen LogP contribution in [0.5, 0.6) is 0 Å². The number of alkyl halides is 3. The molecule has 1 amide bonds. The molecule has 3 aliphatic rings. The number of carbonyl (C=O) groups is 1. The number of likely N-dealkylation sites (tertiary alicyclic amines) is 1. The number of hydrogen-bond acceptors (Lipinski definition) is 7. The van der Waals surface area contributed by atoms with Crippen LogP contribution in [-0.2, 0) is 12.6 Å². The molecule has 2 aliphatic heterocycles. The summed E-state index contributed by atoms with van der Waals surface area (Å²) < 4.78 is 38.3. The van der Waals surface area contributed by atoms with E-state index in [9.17, 15) is 18.0 Å². The topological polar surface area (TPSA) is 77.5 Å². The molecule has 0 aromatic carbocycles. The number of likely N-dealkylation sites (N-methyl/N-ethyl adjacent to an activating group) is 1. The number of rotatable bonds is 5. The summed E-state index contributed by atoms with van der Waals surface area (Å²) in [7, 11) is 1.96. The van der Waals surface area contributed by atoms with Gasteiger partial charge in [0.2, 0.25) is 0 Å². The van der Waals surface area contributed by atoms with Crippen molar-refractivity contribution in [1.29, 1.82) is 0 Å². The van der Waals surface area contributed by atoms with E-state index in [4.69, 9.17) is 0 Å². The highest BCUT2D eigenvalue weighted by molar-refractivity contribution is 5.98. The normalized spacial score (nSPS) is 24.9. The minimum Gasteiger partial charge on any atom is -0.334 e. The number of pyridine rings is 1. The number of hydrogen-bond donors (Lipinski definition) is 1. The molecular weight excluding hydrogens is 447 g/mol. The van der Waals surface area contributed by atoms with E-state index in [0.29, 0.717) is 42.6 Å². The molecule has 1 aliphatic carbocycles. The monoisotopic (exact) mass is 475 g/mol. The lowest BCUT2D eigenvalue weighted by Gasteiger charge is -2.36. The van der Waals surface area contributed by atoms with Crippen LogP contribution in [0.4, 0.5) is 18.9 Å². The summed E-state index contributed by atoms with van der Waals surface area (Å²) in [6.45, 7) is 4.16. The fraction of sp³-hybridized carbons (Fsp3) is 0.565.